The average molecular weight is 575 g/mol. The first-order valence-electron chi connectivity index (χ1n) is 10.6. The molecule has 0 spiro atoms. The van der Waals surface area contributed by atoms with E-state index in [1.807, 2.05) is 11.8 Å². The van der Waals surface area contributed by atoms with E-state index in [-0.39, 0.29) is 42.4 Å². The second kappa shape index (κ2) is 12.7. The number of rotatable bonds is 8. The summed E-state index contributed by atoms with van der Waals surface area (Å²) in [6.45, 7) is 3.87. The fourth-order valence-electron chi connectivity index (χ4n) is 3.71. The summed E-state index contributed by atoms with van der Waals surface area (Å²) in [6, 6.07) is 9.51. The Labute approximate surface area is 208 Å². The zero-order valence-corrected chi connectivity index (χ0v) is 20.7. The maximum atomic E-state index is 14.1. The molecule has 3 rings (SSSR count). The lowest BCUT2D eigenvalue weighted by atomic mass is 9.99. The van der Waals surface area contributed by atoms with Crippen LogP contribution in [0, 0.1) is 23.4 Å². The Balaban J connectivity index is 0.00000385. The number of nitrogens with one attached hydrogen (secondary N) is 2. The van der Waals surface area contributed by atoms with Gasteiger partial charge in [0.2, 0.25) is 5.91 Å². The lowest BCUT2D eigenvalue weighted by Crippen LogP contribution is -2.45. The van der Waals surface area contributed by atoms with Gasteiger partial charge in [-0.05, 0) is 49.6 Å². The van der Waals surface area contributed by atoms with E-state index in [4.69, 9.17) is 5.73 Å². The molecule has 6 nitrogen and oxygen atoms in total. The summed E-state index contributed by atoms with van der Waals surface area (Å²) in [6.07, 6.45) is 1.11. The van der Waals surface area contributed by atoms with E-state index >= 15 is 0 Å². The molecule has 0 radical (unpaired) electrons. The summed E-state index contributed by atoms with van der Waals surface area (Å²) in [5, 5.41) is 6.46. The summed E-state index contributed by atoms with van der Waals surface area (Å²) in [5.41, 5.74) is 6.72. The molecule has 1 aliphatic rings. The molecule has 1 amide bonds. The molecule has 1 saturated heterocycles. The number of anilines is 1. The molecule has 180 valence electrons. The van der Waals surface area contributed by atoms with Gasteiger partial charge in [0.05, 0.1) is 18.2 Å². The number of nitrogens with zero attached hydrogens (tertiary/aromatic N) is 2. The molecule has 0 saturated carbocycles. The SMILES string of the molecule is CCNC(=NCC(Cc1ccc(F)cc1)C(N)=O)NC1CCN(c2ccc(F)cc2F)C1.I. The molecule has 10 heteroatoms. The molecule has 1 aliphatic heterocycles. The van der Waals surface area contributed by atoms with Gasteiger partial charge in [-0.25, -0.2) is 13.2 Å². The molecule has 2 aromatic rings. The maximum absolute atomic E-state index is 14.1. The van der Waals surface area contributed by atoms with Crippen molar-refractivity contribution in [3.63, 3.8) is 0 Å². The number of carbonyl (C=O) groups is 1. The van der Waals surface area contributed by atoms with Crippen LogP contribution in [-0.4, -0.2) is 44.1 Å². The third kappa shape index (κ3) is 7.79. The van der Waals surface area contributed by atoms with E-state index in [1.165, 1.54) is 24.3 Å². The summed E-state index contributed by atoms with van der Waals surface area (Å²) in [7, 11) is 0. The van der Waals surface area contributed by atoms with E-state index in [2.05, 4.69) is 15.6 Å². The highest BCUT2D eigenvalue weighted by molar-refractivity contribution is 14.0. The van der Waals surface area contributed by atoms with Crippen molar-refractivity contribution in [3.8, 4) is 0 Å². The predicted octanol–water partition coefficient (Wildman–Crippen LogP) is 3.20. The Hall–Kier alpha value is -2.50. The number of aliphatic imine (C=N–C) groups is 1. The van der Waals surface area contributed by atoms with Gasteiger partial charge in [-0.2, -0.15) is 0 Å². The fraction of sp³-hybridized carbons (Fsp3) is 0.391. The smallest absolute Gasteiger partial charge is 0.222 e. The number of hydrogen-bond donors (Lipinski definition) is 3. The highest BCUT2D eigenvalue weighted by atomic mass is 127. The van der Waals surface area contributed by atoms with Crippen LogP contribution in [0.4, 0.5) is 18.9 Å². The quantitative estimate of drug-likeness (QED) is 0.257. The van der Waals surface area contributed by atoms with Crippen LogP contribution in [0.3, 0.4) is 0 Å². The van der Waals surface area contributed by atoms with Crippen LogP contribution in [0.15, 0.2) is 47.5 Å². The van der Waals surface area contributed by atoms with Crippen molar-refractivity contribution in [2.24, 2.45) is 16.6 Å². The fourth-order valence-corrected chi connectivity index (χ4v) is 3.71. The Morgan fingerprint density at radius 1 is 1.18 bits per heavy atom. The van der Waals surface area contributed by atoms with E-state index < -0.39 is 23.5 Å². The first-order valence-corrected chi connectivity index (χ1v) is 10.6. The van der Waals surface area contributed by atoms with E-state index in [9.17, 15) is 18.0 Å². The van der Waals surface area contributed by atoms with Gasteiger partial charge in [0.25, 0.3) is 0 Å². The lowest BCUT2D eigenvalue weighted by molar-refractivity contribution is -0.121. The highest BCUT2D eigenvalue weighted by Gasteiger charge is 2.25. The molecule has 0 bridgehead atoms. The largest absolute Gasteiger partial charge is 0.369 e. The number of carbonyl (C=O) groups excluding carboxylic acids is 1. The standard InChI is InChI=1S/C23H28F3N5O.HI/c1-2-28-23(29-13-16(22(27)32)11-15-3-5-17(24)6-4-15)30-19-9-10-31(14-19)21-8-7-18(25)12-20(21)26;/h3-8,12,16,19H,2,9-11,13-14H2,1H3,(H2,27,32)(H2,28,29,30);1H. The number of guanidine groups is 1. The molecular weight excluding hydrogens is 546 g/mol. The van der Waals surface area contributed by atoms with Crippen molar-refractivity contribution in [1.82, 2.24) is 10.6 Å². The lowest BCUT2D eigenvalue weighted by Gasteiger charge is -2.21. The zero-order chi connectivity index (χ0) is 23.1. The monoisotopic (exact) mass is 575 g/mol. The summed E-state index contributed by atoms with van der Waals surface area (Å²) < 4.78 is 40.4. The van der Waals surface area contributed by atoms with Crippen molar-refractivity contribution in [2.75, 3.05) is 31.1 Å². The van der Waals surface area contributed by atoms with Gasteiger partial charge >= 0.3 is 0 Å². The summed E-state index contributed by atoms with van der Waals surface area (Å²) in [5.74, 6) is -2.02. The average Bonchev–Trinajstić information content (AvgIpc) is 3.20. The van der Waals surface area contributed by atoms with Crippen LogP contribution < -0.4 is 21.3 Å². The molecule has 33 heavy (non-hydrogen) atoms. The zero-order valence-electron chi connectivity index (χ0n) is 18.4. The summed E-state index contributed by atoms with van der Waals surface area (Å²) in [4.78, 5) is 18.3. The van der Waals surface area contributed by atoms with Crippen LogP contribution in [0.1, 0.15) is 18.9 Å². The molecule has 1 heterocycles. The number of amides is 1. The van der Waals surface area contributed by atoms with Crippen LogP contribution >= 0.6 is 24.0 Å². The Morgan fingerprint density at radius 3 is 2.52 bits per heavy atom. The second-order valence-corrected chi connectivity index (χ2v) is 7.82. The van der Waals surface area contributed by atoms with Crippen molar-refractivity contribution >= 4 is 41.5 Å². The third-order valence-electron chi connectivity index (χ3n) is 5.39. The minimum atomic E-state index is -0.605. The Morgan fingerprint density at radius 2 is 1.88 bits per heavy atom. The molecular formula is C23H29F3IN5O. The molecule has 2 unspecified atom stereocenters. The highest BCUT2D eigenvalue weighted by Crippen LogP contribution is 2.24. The van der Waals surface area contributed by atoms with Gasteiger partial charge in [-0.3, -0.25) is 9.79 Å². The number of benzene rings is 2. The minimum Gasteiger partial charge on any atom is -0.369 e. The normalized spacial score (nSPS) is 16.8. The van der Waals surface area contributed by atoms with Crippen LogP contribution in [0.2, 0.25) is 0 Å². The van der Waals surface area contributed by atoms with Crippen LogP contribution in [0.25, 0.3) is 0 Å². The van der Waals surface area contributed by atoms with Gasteiger partial charge in [-0.15, -0.1) is 24.0 Å². The molecule has 2 aromatic carbocycles. The third-order valence-corrected chi connectivity index (χ3v) is 5.39. The van der Waals surface area contributed by atoms with Gasteiger partial charge in [0.15, 0.2) is 5.96 Å². The Bertz CT molecular complexity index is 958. The van der Waals surface area contributed by atoms with Gasteiger partial charge in [0.1, 0.15) is 17.5 Å². The van der Waals surface area contributed by atoms with Gasteiger partial charge in [0, 0.05) is 31.7 Å². The van der Waals surface area contributed by atoms with Crippen molar-refractivity contribution in [1.29, 1.82) is 0 Å². The predicted molar refractivity (Wildman–Crippen MR) is 134 cm³/mol. The van der Waals surface area contributed by atoms with E-state index in [1.54, 1.807) is 12.1 Å². The first-order chi connectivity index (χ1) is 15.4. The molecule has 0 aliphatic carbocycles. The van der Waals surface area contributed by atoms with Gasteiger partial charge in [-0.1, -0.05) is 12.1 Å². The molecule has 4 N–H and O–H groups in total. The number of hydrogen-bond acceptors (Lipinski definition) is 3. The maximum Gasteiger partial charge on any atom is 0.222 e. The number of nitrogens with two attached hydrogens (primary N) is 1. The van der Waals surface area contributed by atoms with Crippen molar-refractivity contribution < 1.29 is 18.0 Å². The van der Waals surface area contributed by atoms with Gasteiger partial charge < -0.3 is 21.3 Å². The van der Waals surface area contributed by atoms with Crippen LogP contribution in [0.5, 0.6) is 0 Å². The number of primary amides is 1. The van der Waals surface area contributed by atoms with E-state index in [0.29, 0.717) is 37.7 Å². The van der Waals surface area contributed by atoms with Crippen molar-refractivity contribution in [3.05, 3.63) is 65.5 Å². The van der Waals surface area contributed by atoms with E-state index in [0.717, 1.165) is 18.1 Å². The minimum absolute atomic E-state index is 0. The number of halogens is 4. The van der Waals surface area contributed by atoms with Crippen LogP contribution in [-0.2, 0) is 11.2 Å². The van der Waals surface area contributed by atoms with Crippen molar-refractivity contribution in [2.45, 2.75) is 25.8 Å². The first kappa shape index (κ1) is 26.7. The molecule has 0 aromatic heterocycles. The molecule has 1 fully saturated rings. The molecule has 2 atom stereocenters. The topological polar surface area (TPSA) is 82.7 Å². The summed E-state index contributed by atoms with van der Waals surface area (Å²) >= 11 is 0. The Kier molecular flexibility index (Phi) is 10.3. The second-order valence-electron chi connectivity index (χ2n) is 7.82.